The van der Waals surface area contributed by atoms with Gasteiger partial charge in [0.25, 0.3) is 0 Å². The number of fused-ring (bicyclic) bond motifs is 1. The zero-order valence-corrected chi connectivity index (χ0v) is 10.1. The minimum absolute atomic E-state index is 0.0642. The first-order chi connectivity index (χ1) is 8.81. The Morgan fingerprint density at radius 3 is 2.72 bits per heavy atom. The van der Waals surface area contributed by atoms with E-state index in [9.17, 15) is 4.79 Å². The van der Waals surface area contributed by atoms with Gasteiger partial charge in [0.05, 0.1) is 12.6 Å². The Bertz CT molecular complexity index is 521. The Kier molecular flexibility index (Phi) is 1.98. The van der Waals surface area contributed by atoms with Crippen LogP contribution in [0.4, 0.5) is 0 Å². The SMILES string of the molecule is O=C1C=CC2(C3CC3)OCC(c3ccccc3)N12. The molecule has 1 saturated heterocycles. The predicted octanol–water partition coefficient (Wildman–Crippen LogP) is 2.26. The highest BCUT2D eigenvalue weighted by Crippen LogP contribution is 2.53. The molecule has 0 N–H and O–H groups in total. The summed E-state index contributed by atoms with van der Waals surface area (Å²) in [5.74, 6) is 0.585. The molecule has 4 rings (SSSR count). The second-order valence-electron chi connectivity index (χ2n) is 5.31. The zero-order chi connectivity index (χ0) is 12.2. The minimum Gasteiger partial charge on any atom is -0.349 e. The molecule has 2 atom stereocenters. The molecule has 1 aliphatic carbocycles. The van der Waals surface area contributed by atoms with Gasteiger partial charge in [0.15, 0.2) is 5.72 Å². The lowest BCUT2D eigenvalue weighted by atomic mass is 10.0. The molecule has 92 valence electrons. The Labute approximate surface area is 106 Å². The highest BCUT2D eigenvalue weighted by Gasteiger charge is 2.59. The van der Waals surface area contributed by atoms with E-state index in [2.05, 4.69) is 12.1 Å². The molecule has 3 nitrogen and oxygen atoms in total. The van der Waals surface area contributed by atoms with E-state index < -0.39 is 5.72 Å². The topological polar surface area (TPSA) is 29.5 Å². The van der Waals surface area contributed by atoms with Gasteiger partial charge in [0.1, 0.15) is 0 Å². The van der Waals surface area contributed by atoms with E-state index in [0.29, 0.717) is 12.5 Å². The molecule has 2 heterocycles. The molecule has 1 amide bonds. The minimum atomic E-state index is -0.433. The third-order valence-electron chi connectivity index (χ3n) is 4.21. The highest BCUT2D eigenvalue weighted by atomic mass is 16.5. The number of nitrogens with zero attached hydrogens (tertiary/aromatic N) is 1. The molecule has 2 aliphatic heterocycles. The summed E-state index contributed by atoms with van der Waals surface area (Å²) in [5, 5.41) is 0. The van der Waals surface area contributed by atoms with Crippen molar-refractivity contribution in [2.75, 3.05) is 6.61 Å². The van der Waals surface area contributed by atoms with Gasteiger partial charge >= 0.3 is 0 Å². The molecule has 3 aliphatic rings. The first-order valence-electron chi connectivity index (χ1n) is 6.53. The average Bonchev–Trinajstić information content (AvgIpc) is 3.11. The van der Waals surface area contributed by atoms with Crippen LogP contribution in [0.3, 0.4) is 0 Å². The van der Waals surface area contributed by atoms with Crippen LogP contribution >= 0.6 is 0 Å². The third kappa shape index (κ3) is 1.25. The number of amides is 1. The summed E-state index contributed by atoms with van der Waals surface area (Å²) >= 11 is 0. The molecular weight excluding hydrogens is 226 g/mol. The molecule has 1 aromatic rings. The standard InChI is InChI=1S/C15H15NO2/c17-14-8-9-15(12-6-7-12)16(14)13(10-18-15)11-4-2-1-3-5-11/h1-5,8-9,12-13H,6-7,10H2. The van der Waals surface area contributed by atoms with E-state index in [1.54, 1.807) is 6.08 Å². The molecule has 18 heavy (non-hydrogen) atoms. The van der Waals surface area contributed by atoms with Gasteiger partial charge < -0.3 is 4.74 Å². The molecule has 3 heteroatoms. The van der Waals surface area contributed by atoms with Crippen LogP contribution < -0.4 is 0 Å². The van der Waals surface area contributed by atoms with Gasteiger partial charge in [-0.25, -0.2) is 0 Å². The summed E-state index contributed by atoms with van der Waals surface area (Å²) in [5.41, 5.74) is 0.731. The normalized spacial score (nSPS) is 34.1. The maximum absolute atomic E-state index is 12.1. The van der Waals surface area contributed by atoms with Crippen molar-refractivity contribution in [1.82, 2.24) is 4.90 Å². The van der Waals surface area contributed by atoms with Crippen molar-refractivity contribution in [3.63, 3.8) is 0 Å². The molecule has 1 aromatic carbocycles. The maximum Gasteiger partial charge on any atom is 0.249 e. The highest BCUT2D eigenvalue weighted by molar-refractivity contribution is 5.92. The predicted molar refractivity (Wildman–Crippen MR) is 66.6 cm³/mol. The summed E-state index contributed by atoms with van der Waals surface area (Å²) in [6.07, 6.45) is 5.97. The molecular formula is C15H15NO2. The Balaban J connectivity index is 1.74. The van der Waals surface area contributed by atoms with Crippen LogP contribution in [0.25, 0.3) is 0 Å². The van der Waals surface area contributed by atoms with E-state index in [0.717, 1.165) is 18.4 Å². The van der Waals surface area contributed by atoms with E-state index in [1.165, 1.54) is 0 Å². The van der Waals surface area contributed by atoms with Crippen molar-refractivity contribution in [1.29, 1.82) is 0 Å². The van der Waals surface area contributed by atoms with Crippen LogP contribution in [0.15, 0.2) is 42.5 Å². The summed E-state index contributed by atoms with van der Waals surface area (Å²) in [7, 11) is 0. The summed E-state index contributed by atoms with van der Waals surface area (Å²) < 4.78 is 6.04. The van der Waals surface area contributed by atoms with Gasteiger partial charge in [-0.1, -0.05) is 30.3 Å². The number of hydrogen-bond acceptors (Lipinski definition) is 2. The molecule has 0 spiro atoms. The maximum atomic E-state index is 12.1. The molecule has 0 bridgehead atoms. The van der Waals surface area contributed by atoms with E-state index >= 15 is 0 Å². The lowest BCUT2D eigenvalue weighted by Gasteiger charge is -2.32. The number of rotatable bonds is 2. The Hall–Kier alpha value is -1.61. The van der Waals surface area contributed by atoms with E-state index in [4.69, 9.17) is 4.74 Å². The first-order valence-corrected chi connectivity index (χ1v) is 6.53. The smallest absolute Gasteiger partial charge is 0.249 e. The van der Waals surface area contributed by atoms with Crippen molar-refractivity contribution < 1.29 is 9.53 Å². The van der Waals surface area contributed by atoms with Gasteiger partial charge in [0.2, 0.25) is 5.91 Å². The van der Waals surface area contributed by atoms with Crippen molar-refractivity contribution in [2.24, 2.45) is 5.92 Å². The molecule has 1 saturated carbocycles. The van der Waals surface area contributed by atoms with Crippen LogP contribution in [0.5, 0.6) is 0 Å². The van der Waals surface area contributed by atoms with Crippen molar-refractivity contribution in [3.8, 4) is 0 Å². The number of carbonyl (C=O) groups excluding carboxylic acids is 1. The van der Waals surface area contributed by atoms with Crippen LogP contribution in [-0.4, -0.2) is 23.1 Å². The van der Waals surface area contributed by atoms with E-state index in [1.807, 2.05) is 29.2 Å². The quantitative estimate of drug-likeness (QED) is 0.795. The van der Waals surface area contributed by atoms with Gasteiger partial charge in [-0.05, 0) is 24.5 Å². The second kappa shape index (κ2) is 3.45. The first kappa shape index (κ1) is 10.3. The lowest BCUT2D eigenvalue weighted by molar-refractivity contribution is -0.137. The molecule has 2 fully saturated rings. The Morgan fingerprint density at radius 2 is 2.00 bits per heavy atom. The van der Waals surface area contributed by atoms with E-state index in [-0.39, 0.29) is 11.9 Å². The van der Waals surface area contributed by atoms with Crippen LogP contribution in [0.1, 0.15) is 24.4 Å². The van der Waals surface area contributed by atoms with Gasteiger partial charge in [0, 0.05) is 12.0 Å². The Morgan fingerprint density at radius 1 is 1.22 bits per heavy atom. The van der Waals surface area contributed by atoms with Gasteiger partial charge in [-0.3, -0.25) is 9.69 Å². The van der Waals surface area contributed by atoms with Crippen LogP contribution in [0.2, 0.25) is 0 Å². The van der Waals surface area contributed by atoms with Crippen LogP contribution in [0, 0.1) is 5.92 Å². The summed E-state index contributed by atoms with van der Waals surface area (Å²) in [6.45, 7) is 0.608. The summed E-state index contributed by atoms with van der Waals surface area (Å²) in [6, 6.07) is 10.2. The molecule has 2 unspecified atom stereocenters. The molecule has 0 aromatic heterocycles. The summed E-state index contributed by atoms with van der Waals surface area (Å²) in [4.78, 5) is 14.1. The fourth-order valence-corrected chi connectivity index (χ4v) is 3.19. The largest absolute Gasteiger partial charge is 0.349 e. The second-order valence-corrected chi connectivity index (χ2v) is 5.31. The zero-order valence-electron chi connectivity index (χ0n) is 10.1. The van der Waals surface area contributed by atoms with Crippen molar-refractivity contribution in [3.05, 3.63) is 48.0 Å². The van der Waals surface area contributed by atoms with Crippen molar-refractivity contribution >= 4 is 5.91 Å². The van der Waals surface area contributed by atoms with Gasteiger partial charge in [-0.2, -0.15) is 0 Å². The number of hydrogen-bond donors (Lipinski definition) is 0. The number of ether oxygens (including phenoxy) is 1. The number of carbonyl (C=O) groups is 1. The van der Waals surface area contributed by atoms with Gasteiger partial charge in [-0.15, -0.1) is 0 Å². The van der Waals surface area contributed by atoms with Crippen molar-refractivity contribution in [2.45, 2.75) is 24.6 Å². The average molecular weight is 241 g/mol. The number of benzene rings is 1. The molecule has 0 radical (unpaired) electrons. The fraction of sp³-hybridized carbons (Fsp3) is 0.400. The van der Waals surface area contributed by atoms with Crippen LogP contribution in [-0.2, 0) is 9.53 Å². The fourth-order valence-electron chi connectivity index (χ4n) is 3.19. The monoisotopic (exact) mass is 241 g/mol. The third-order valence-corrected chi connectivity index (χ3v) is 4.21. The lowest BCUT2D eigenvalue weighted by Crippen LogP contribution is -2.44.